The molecule has 0 unspecified atom stereocenters. The molecule has 0 saturated carbocycles. The molecule has 2 aromatic carbocycles. The van der Waals surface area contributed by atoms with E-state index in [1.165, 1.54) is 26.4 Å². The highest BCUT2D eigenvalue weighted by atomic mass is 16.5. The van der Waals surface area contributed by atoms with Gasteiger partial charge in [-0.05, 0) is 60.7 Å². The molecule has 7 nitrogen and oxygen atoms in total. The maximum atomic E-state index is 13.2. The van der Waals surface area contributed by atoms with Gasteiger partial charge in [-0.1, -0.05) is 0 Å². The molecule has 160 valence electrons. The number of nitrogens with zero attached hydrogens (tertiary/aromatic N) is 2. The third-order valence-electron chi connectivity index (χ3n) is 5.00. The van der Waals surface area contributed by atoms with E-state index in [2.05, 4.69) is 9.97 Å². The molecule has 2 N–H and O–H groups in total. The van der Waals surface area contributed by atoms with E-state index in [1.807, 2.05) is 0 Å². The van der Waals surface area contributed by atoms with E-state index in [9.17, 15) is 15.0 Å². The lowest BCUT2D eigenvalue weighted by molar-refractivity contribution is 0.103. The summed E-state index contributed by atoms with van der Waals surface area (Å²) in [5.74, 6) is 0.513. The number of benzene rings is 2. The first kappa shape index (κ1) is 20.9. The van der Waals surface area contributed by atoms with Gasteiger partial charge in [0.2, 0.25) is 0 Å². The molecule has 4 aromatic rings. The molecule has 0 saturated heterocycles. The summed E-state index contributed by atoms with van der Waals surface area (Å²) in [6.07, 6.45) is 3.13. The Kier molecular flexibility index (Phi) is 5.72. The Morgan fingerprint density at radius 3 is 1.53 bits per heavy atom. The molecule has 0 aliphatic rings. The van der Waals surface area contributed by atoms with Gasteiger partial charge in [0.15, 0.2) is 28.8 Å². The fourth-order valence-corrected chi connectivity index (χ4v) is 3.30. The largest absolute Gasteiger partial charge is 0.504 e. The number of rotatable bonds is 6. The van der Waals surface area contributed by atoms with E-state index in [0.717, 1.165) is 0 Å². The van der Waals surface area contributed by atoms with Crippen LogP contribution in [0.1, 0.15) is 15.9 Å². The maximum Gasteiger partial charge on any atom is 0.193 e. The summed E-state index contributed by atoms with van der Waals surface area (Å²) in [6, 6.07) is 16.4. The number of hydrogen-bond acceptors (Lipinski definition) is 7. The number of carbonyl (C=O) groups excluding carboxylic acids is 1. The lowest BCUT2D eigenvalue weighted by atomic mass is 10.0. The van der Waals surface area contributed by atoms with E-state index in [1.54, 1.807) is 60.9 Å². The number of phenols is 2. The monoisotopic (exact) mass is 428 g/mol. The van der Waals surface area contributed by atoms with Crippen LogP contribution in [0.5, 0.6) is 23.0 Å². The van der Waals surface area contributed by atoms with Crippen molar-refractivity contribution in [2.45, 2.75) is 0 Å². The molecule has 0 atom stereocenters. The van der Waals surface area contributed by atoms with Gasteiger partial charge >= 0.3 is 0 Å². The average Bonchev–Trinajstić information content (AvgIpc) is 2.84. The van der Waals surface area contributed by atoms with Crippen molar-refractivity contribution in [2.24, 2.45) is 0 Å². The summed E-state index contributed by atoms with van der Waals surface area (Å²) >= 11 is 0. The summed E-state index contributed by atoms with van der Waals surface area (Å²) in [6.45, 7) is 0. The standard InChI is InChI=1S/C25H20N2O5/c1-31-23-13-15(3-5-21(23)28)19-11-17(7-9-26-19)25(30)18-8-10-27-20(12-18)16-4-6-22(29)24(14-16)32-2/h3-14,28-29H,1-2H3. The Labute approximate surface area is 184 Å². The summed E-state index contributed by atoms with van der Waals surface area (Å²) in [5.41, 5.74) is 3.49. The number of carbonyl (C=O) groups is 1. The van der Waals surface area contributed by atoms with E-state index in [0.29, 0.717) is 45.1 Å². The van der Waals surface area contributed by atoms with Crippen LogP contribution in [0, 0.1) is 0 Å². The van der Waals surface area contributed by atoms with Crippen molar-refractivity contribution in [3.05, 3.63) is 84.2 Å². The number of ketones is 1. The third kappa shape index (κ3) is 4.09. The van der Waals surface area contributed by atoms with Crippen molar-refractivity contribution in [3.63, 3.8) is 0 Å². The number of phenolic OH excluding ortho intramolecular Hbond substituents is 2. The van der Waals surface area contributed by atoms with Gasteiger partial charge in [0, 0.05) is 34.6 Å². The molecule has 2 heterocycles. The van der Waals surface area contributed by atoms with Crippen LogP contribution in [0.3, 0.4) is 0 Å². The van der Waals surface area contributed by atoms with Gasteiger partial charge in [-0.25, -0.2) is 0 Å². The number of aromatic nitrogens is 2. The number of aromatic hydroxyl groups is 2. The number of pyridine rings is 2. The van der Waals surface area contributed by atoms with Crippen molar-refractivity contribution < 1.29 is 24.5 Å². The van der Waals surface area contributed by atoms with Crippen LogP contribution in [0.25, 0.3) is 22.5 Å². The Bertz CT molecular complexity index is 1200. The molecule has 0 bridgehead atoms. The highest BCUT2D eigenvalue weighted by Gasteiger charge is 2.14. The third-order valence-corrected chi connectivity index (χ3v) is 5.00. The van der Waals surface area contributed by atoms with Gasteiger partial charge in [0.25, 0.3) is 0 Å². The van der Waals surface area contributed by atoms with Crippen molar-refractivity contribution in [2.75, 3.05) is 14.2 Å². The van der Waals surface area contributed by atoms with Crippen molar-refractivity contribution in [1.82, 2.24) is 9.97 Å². The second-order valence-electron chi connectivity index (χ2n) is 6.96. The van der Waals surface area contributed by atoms with Crippen molar-refractivity contribution >= 4 is 5.78 Å². The highest BCUT2D eigenvalue weighted by Crippen LogP contribution is 2.32. The van der Waals surface area contributed by atoms with Crippen LogP contribution in [0.15, 0.2) is 73.1 Å². The topological polar surface area (TPSA) is 102 Å². The zero-order valence-corrected chi connectivity index (χ0v) is 17.4. The summed E-state index contributed by atoms with van der Waals surface area (Å²) < 4.78 is 10.3. The van der Waals surface area contributed by atoms with Gasteiger partial charge in [-0.2, -0.15) is 0 Å². The van der Waals surface area contributed by atoms with E-state index in [4.69, 9.17) is 9.47 Å². The minimum absolute atomic E-state index is 0.0265. The molecule has 2 aromatic heterocycles. The Balaban J connectivity index is 1.67. The van der Waals surface area contributed by atoms with E-state index >= 15 is 0 Å². The Hall–Kier alpha value is -4.39. The second-order valence-corrected chi connectivity index (χ2v) is 6.96. The Morgan fingerprint density at radius 1 is 0.688 bits per heavy atom. The van der Waals surface area contributed by atoms with Gasteiger partial charge in [-0.15, -0.1) is 0 Å². The number of ether oxygens (including phenoxy) is 2. The predicted molar refractivity (Wildman–Crippen MR) is 119 cm³/mol. The first-order chi connectivity index (χ1) is 15.5. The number of hydrogen-bond donors (Lipinski definition) is 2. The molecule has 4 rings (SSSR count). The lowest BCUT2D eigenvalue weighted by Crippen LogP contribution is -2.03. The molecule has 0 spiro atoms. The molecular weight excluding hydrogens is 408 g/mol. The smallest absolute Gasteiger partial charge is 0.193 e. The van der Waals surface area contributed by atoms with E-state index < -0.39 is 0 Å². The average molecular weight is 428 g/mol. The Morgan fingerprint density at radius 2 is 1.12 bits per heavy atom. The van der Waals surface area contributed by atoms with Crippen LogP contribution >= 0.6 is 0 Å². The molecule has 32 heavy (non-hydrogen) atoms. The van der Waals surface area contributed by atoms with Gasteiger partial charge < -0.3 is 19.7 Å². The predicted octanol–water partition coefficient (Wildman–Crippen LogP) is 4.47. The van der Waals surface area contributed by atoms with Gasteiger partial charge in [0.1, 0.15) is 0 Å². The van der Waals surface area contributed by atoms with Crippen LogP contribution in [0.4, 0.5) is 0 Å². The first-order valence-corrected chi connectivity index (χ1v) is 9.71. The van der Waals surface area contributed by atoms with Crippen LogP contribution in [0.2, 0.25) is 0 Å². The quantitative estimate of drug-likeness (QED) is 0.437. The molecule has 0 aliphatic carbocycles. The molecule has 7 heteroatoms. The molecular formula is C25H20N2O5. The van der Waals surface area contributed by atoms with Gasteiger partial charge in [0.05, 0.1) is 25.6 Å². The molecule has 0 amide bonds. The van der Waals surface area contributed by atoms with Crippen LogP contribution in [-0.4, -0.2) is 40.2 Å². The molecule has 0 radical (unpaired) electrons. The summed E-state index contributed by atoms with van der Waals surface area (Å²) in [5, 5.41) is 19.6. The normalized spacial score (nSPS) is 10.6. The summed E-state index contributed by atoms with van der Waals surface area (Å²) in [4.78, 5) is 21.9. The second kappa shape index (κ2) is 8.77. The SMILES string of the molecule is COc1cc(-c2cc(C(=O)c3ccnc(-c4ccc(O)c(OC)c4)c3)ccn2)ccc1O. The first-order valence-electron chi connectivity index (χ1n) is 9.71. The minimum Gasteiger partial charge on any atom is -0.504 e. The molecule has 0 fully saturated rings. The summed E-state index contributed by atoms with van der Waals surface area (Å²) in [7, 11) is 2.94. The van der Waals surface area contributed by atoms with Crippen molar-refractivity contribution in [3.8, 4) is 45.5 Å². The van der Waals surface area contributed by atoms with Crippen LogP contribution in [-0.2, 0) is 0 Å². The van der Waals surface area contributed by atoms with Crippen LogP contribution < -0.4 is 9.47 Å². The molecule has 0 aliphatic heterocycles. The number of methoxy groups -OCH3 is 2. The fourth-order valence-electron chi connectivity index (χ4n) is 3.30. The fraction of sp³-hybridized carbons (Fsp3) is 0.0800. The van der Waals surface area contributed by atoms with E-state index in [-0.39, 0.29) is 17.3 Å². The zero-order chi connectivity index (χ0) is 22.7. The zero-order valence-electron chi connectivity index (χ0n) is 17.4. The maximum absolute atomic E-state index is 13.2. The minimum atomic E-state index is -0.186. The van der Waals surface area contributed by atoms with Gasteiger partial charge in [-0.3, -0.25) is 14.8 Å². The highest BCUT2D eigenvalue weighted by molar-refractivity contribution is 6.09. The lowest BCUT2D eigenvalue weighted by Gasteiger charge is -2.09. The van der Waals surface area contributed by atoms with Crippen molar-refractivity contribution in [1.29, 1.82) is 0 Å².